The molecule has 0 heterocycles. The largest absolute Gasteiger partial charge is 0.393 e. The first-order valence-electron chi connectivity index (χ1n) is 4.54. The lowest BCUT2D eigenvalue weighted by Gasteiger charge is -2.10. The summed E-state index contributed by atoms with van der Waals surface area (Å²) in [6, 6.07) is 7.37. The van der Waals surface area contributed by atoms with Crippen LogP contribution in [0.2, 0.25) is 0 Å². The van der Waals surface area contributed by atoms with Crippen molar-refractivity contribution in [3.8, 4) is 0 Å². The first kappa shape index (κ1) is 10.9. The van der Waals surface area contributed by atoms with E-state index in [2.05, 4.69) is 0 Å². The molecular formula is C11H15NO2. The molecule has 0 radical (unpaired) electrons. The van der Waals surface area contributed by atoms with E-state index in [1.165, 1.54) is 0 Å². The Hall–Kier alpha value is -1.16. The van der Waals surface area contributed by atoms with Gasteiger partial charge in [0.05, 0.1) is 6.61 Å². The molecule has 0 aliphatic heterocycles. The molecule has 76 valence electrons. The van der Waals surface area contributed by atoms with Crippen molar-refractivity contribution in [2.75, 3.05) is 13.2 Å². The van der Waals surface area contributed by atoms with Crippen LogP contribution in [0.3, 0.4) is 0 Å². The van der Waals surface area contributed by atoms with Crippen LogP contribution in [0.4, 0.5) is 0 Å². The van der Waals surface area contributed by atoms with Crippen molar-refractivity contribution in [3.63, 3.8) is 0 Å². The van der Waals surface area contributed by atoms with Gasteiger partial charge in [-0.3, -0.25) is 0 Å². The molecule has 3 nitrogen and oxygen atoms in total. The lowest BCUT2D eigenvalue weighted by atomic mass is 10.0. The van der Waals surface area contributed by atoms with Gasteiger partial charge in [0, 0.05) is 6.54 Å². The minimum Gasteiger partial charge on any atom is -0.393 e. The highest BCUT2D eigenvalue weighted by Crippen LogP contribution is 2.18. The lowest BCUT2D eigenvalue weighted by Crippen LogP contribution is -2.04. The fourth-order valence-corrected chi connectivity index (χ4v) is 1.26. The van der Waals surface area contributed by atoms with Gasteiger partial charge in [0.15, 0.2) is 0 Å². The molecule has 0 saturated carbocycles. The Kier molecular flexibility index (Phi) is 4.32. The summed E-state index contributed by atoms with van der Waals surface area (Å²) in [6.07, 6.45) is 2.82. The van der Waals surface area contributed by atoms with Gasteiger partial charge in [-0.05, 0) is 11.1 Å². The SMILES string of the molecule is NC/C=C/c1ccccc1C(O)CO. The molecule has 14 heavy (non-hydrogen) atoms. The van der Waals surface area contributed by atoms with Crippen LogP contribution in [0.5, 0.6) is 0 Å². The molecule has 1 atom stereocenters. The van der Waals surface area contributed by atoms with Crippen LogP contribution in [0.1, 0.15) is 17.2 Å². The lowest BCUT2D eigenvalue weighted by molar-refractivity contribution is 0.0955. The quantitative estimate of drug-likeness (QED) is 0.659. The first-order valence-corrected chi connectivity index (χ1v) is 4.54. The summed E-state index contributed by atoms with van der Waals surface area (Å²) in [7, 11) is 0. The van der Waals surface area contributed by atoms with Crippen molar-refractivity contribution >= 4 is 6.08 Å². The van der Waals surface area contributed by atoms with Gasteiger partial charge in [-0.2, -0.15) is 0 Å². The first-order chi connectivity index (χ1) is 6.79. The predicted molar refractivity (Wildman–Crippen MR) is 56.6 cm³/mol. The van der Waals surface area contributed by atoms with E-state index in [0.717, 1.165) is 11.1 Å². The molecule has 0 saturated heterocycles. The second kappa shape index (κ2) is 5.54. The van der Waals surface area contributed by atoms with Gasteiger partial charge in [-0.25, -0.2) is 0 Å². The Morgan fingerprint density at radius 3 is 2.71 bits per heavy atom. The molecule has 0 spiro atoms. The fraction of sp³-hybridized carbons (Fsp3) is 0.273. The van der Waals surface area contributed by atoms with Crippen LogP contribution in [0.25, 0.3) is 6.08 Å². The number of nitrogens with two attached hydrogens (primary N) is 1. The number of aliphatic hydroxyl groups excluding tert-OH is 2. The van der Waals surface area contributed by atoms with Crippen LogP contribution in [-0.2, 0) is 0 Å². The standard InChI is InChI=1S/C11H15NO2/c12-7-3-5-9-4-1-2-6-10(9)11(14)8-13/h1-6,11,13-14H,7-8,12H2/b5-3+. The molecule has 0 aliphatic rings. The summed E-state index contributed by atoms with van der Waals surface area (Å²) in [5.74, 6) is 0. The molecule has 0 aromatic heterocycles. The molecule has 1 aromatic carbocycles. The maximum Gasteiger partial charge on any atom is 0.103 e. The minimum absolute atomic E-state index is 0.270. The van der Waals surface area contributed by atoms with Gasteiger partial charge in [0.1, 0.15) is 6.10 Å². The van der Waals surface area contributed by atoms with Crippen molar-refractivity contribution in [1.29, 1.82) is 0 Å². The predicted octanol–water partition coefficient (Wildman–Crippen LogP) is 0.684. The van der Waals surface area contributed by atoms with Gasteiger partial charge >= 0.3 is 0 Å². The molecular weight excluding hydrogens is 178 g/mol. The summed E-state index contributed by atoms with van der Waals surface area (Å²) >= 11 is 0. The van der Waals surface area contributed by atoms with Gasteiger partial charge in [-0.1, -0.05) is 36.4 Å². The Balaban J connectivity index is 2.96. The molecule has 1 unspecified atom stereocenters. The topological polar surface area (TPSA) is 66.5 Å². The molecule has 0 bridgehead atoms. The van der Waals surface area contributed by atoms with Crippen LogP contribution < -0.4 is 5.73 Å². The average Bonchev–Trinajstić information content (AvgIpc) is 2.25. The minimum atomic E-state index is -0.825. The van der Waals surface area contributed by atoms with E-state index in [0.29, 0.717) is 6.54 Å². The number of aliphatic hydroxyl groups is 2. The van der Waals surface area contributed by atoms with Crippen LogP contribution >= 0.6 is 0 Å². The monoisotopic (exact) mass is 193 g/mol. The van der Waals surface area contributed by atoms with E-state index in [1.807, 2.05) is 30.4 Å². The summed E-state index contributed by atoms with van der Waals surface area (Å²) in [6.45, 7) is 0.192. The van der Waals surface area contributed by atoms with Gasteiger partial charge in [0.2, 0.25) is 0 Å². The normalized spacial score (nSPS) is 13.4. The van der Waals surface area contributed by atoms with E-state index in [9.17, 15) is 5.11 Å². The molecule has 1 rings (SSSR count). The zero-order valence-electron chi connectivity index (χ0n) is 7.93. The third kappa shape index (κ3) is 2.67. The Bertz CT molecular complexity index is 310. The summed E-state index contributed by atoms with van der Waals surface area (Å²) in [4.78, 5) is 0. The summed E-state index contributed by atoms with van der Waals surface area (Å²) < 4.78 is 0. The van der Waals surface area contributed by atoms with E-state index in [-0.39, 0.29) is 6.61 Å². The van der Waals surface area contributed by atoms with Crippen LogP contribution in [-0.4, -0.2) is 23.4 Å². The van der Waals surface area contributed by atoms with Gasteiger partial charge in [0.25, 0.3) is 0 Å². The summed E-state index contributed by atoms with van der Waals surface area (Å²) in [5.41, 5.74) is 6.95. The molecule has 0 aliphatic carbocycles. The molecule has 0 fully saturated rings. The maximum atomic E-state index is 9.49. The van der Waals surface area contributed by atoms with Crippen molar-refractivity contribution in [2.24, 2.45) is 5.73 Å². The van der Waals surface area contributed by atoms with Crippen molar-refractivity contribution in [2.45, 2.75) is 6.10 Å². The van der Waals surface area contributed by atoms with E-state index in [1.54, 1.807) is 6.07 Å². The van der Waals surface area contributed by atoms with Crippen molar-refractivity contribution < 1.29 is 10.2 Å². The molecule has 0 amide bonds. The Morgan fingerprint density at radius 1 is 1.36 bits per heavy atom. The molecule has 4 N–H and O–H groups in total. The van der Waals surface area contributed by atoms with Crippen molar-refractivity contribution in [3.05, 3.63) is 41.5 Å². The van der Waals surface area contributed by atoms with Crippen LogP contribution in [0.15, 0.2) is 30.3 Å². The van der Waals surface area contributed by atoms with E-state index < -0.39 is 6.10 Å². The number of hydrogen-bond donors (Lipinski definition) is 3. The second-order valence-corrected chi connectivity index (χ2v) is 2.97. The van der Waals surface area contributed by atoms with Gasteiger partial charge in [-0.15, -0.1) is 0 Å². The summed E-state index contributed by atoms with van der Waals surface area (Å²) in [5, 5.41) is 18.3. The highest BCUT2D eigenvalue weighted by atomic mass is 16.3. The smallest absolute Gasteiger partial charge is 0.103 e. The zero-order chi connectivity index (χ0) is 10.4. The molecule has 3 heteroatoms. The highest BCUT2D eigenvalue weighted by molar-refractivity contribution is 5.54. The van der Waals surface area contributed by atoms with E-state index in [4.69, 9.17) is 10.8 Å². The zero-order valence-corrected chi connectivity index (χ0v) is 7.93. The van der Waals surface area contributed by atoms with Gasteiger partial charge < -0.3 is 15.9 Å². The number of hydrogen-bond acceptors (Lipinski definition) is 3. The van der Waals surface area contributed by atoms with Crippen molar-refractivity contribution in [1.82, 2.24) is 0 Å². The second-order valence-electron chi connectivity index (χ2n) is 2.97. The third-order valence-corrected chi connectivity index (χ3v) is 1.96. The number of benzene rings is 1. The van der Waals surface area contributed by atoms with Crippen LogP contribution in [0, 0.1) is 0 Å². The average molecular weight is 193 g/mol. The Morgan fingerprint density at radius 2 is 2.07 bits per heavy atom. The number of rotatable bonds is 4. The van der Waals surface area contributed by atoms with E-state index >= 15 is 0 Å². The Labute approximate surface area is 83.5 Å². The molecule has 1 aromatic rings. The highest BCUT2D eigenvalue weighted by Gasteiger charge is 2.08. The fourth-order valence-electron chi connectivity index (χ4n) is 1.26. The maximum absolute atomic E-state index is 9.49. The third-order valence-electron chi connectivity index (χ3n) is 1.96.